The summed E-state index contributed by atoms with van der Waals surface area (Å²) in [5.41, 5.74) is 1.77. The molecular formula is C12H12N2OS. The van der Waals surface area contributed by atoms with Gasteiger partial charge in [-0.3, -0.25) is 4.79 Å². The maximum absolute atomic E-state index is 11.8. The van der Waals surface area contributed by atoms with E-state index < -0.39 is 0 Å². The van der Waals surface area contributed by atoms with Gasteiger partial charge in [-0.25, -0.2) is 0 Å². The van der Waals surface area contributed by atoms with Crippen LogP contribution in [0.1, 0.15) is 9.67 Å². The van der Waals surface area contributed by atoms with Crippen molar-refractivity contribution in [1.82, 2.24) is 0 Å². The summed E-state index contributed by atoms with van der Waals surface area (Å²) < 4.78 is 0. The summed E-state index contributed by atoms with van der Waals surface area (Å²) in [6.07, 6.45) is 0. The van der Waals surface area contributed by atoms with Gasteiger partial charge in [-0.05, 0) is 29.6 Å². The second kappa shape index (κ2) is 4.81. The van der Waals surface area contributed by atoms with Crippen LogP contribution < -0.4 is 10.6 Å². The highest BCUT2D eigenvalue weighted by molar-refractivity contribution is 7.12. The van der Waals surface area contributed by atoms with E-state index in [9.17, 15) is 4.79 Å². The average molecular weight is 232 g/mol. The molecule has 4 heteroatoms. The van der Waals surface area contributed by atoms with Gasteiger partial charge in [0.15, 0.2) is 0 Å². The van der Waals surface area contributed by atoms with E-state index in [2.05, 4.69) is 10.6 Å². The third-order valence-electron chi connectivity index (χ3n) is 2.15. The van der Waals surface area contributed by atoms with Crippen molar-refractivity contribution in [2.24, 2.45) is 0 Å². The fraction of sp³-hybridized carbons (Fsp3) is 0.0833. The summed E-state index contributed by atoms with van der Waals surface area (Å²) in [6, 6.07) is 11.3. The van der Waals surface area contributed by atoms with E-state index >= 15 is 0 Å². The van der Waals surface area contributed by atoms with Crippen molar-refractivity contribution in [2.75, 3.05) is 17.7 Å². The molecule has 2 aromatic rings. The van der Waals surface area contributed by atoms with E-state index in [1.165, 1.54) is 11.3 Å². The first-order valence-electron chi connectivity index (χ1n) is 4.92. The molecule has 1 aromatic heterocycles. The fourth-order valence-corrected chi connectivity index (χ4v) is 1.97. The molecule has 3 nitrogen and oxygen atoms in total. The van der Waals surface area contributed by atoms with E-state index in [1.54, 1.807) is 0 Å². The van der Waals surface area contributed by atoms with E-state index in [0.717, 1.165) is 16.3 Å². The summed E-state index contributed by atoms with van der Waals surface area (Å²) in [5, 5.41) is 7.77. The summed E-state index contributed by atoms with van der Waals surface area (Å²) in [6.45, 7) is 0. The van der Waals surface area contributed by atoms with Crippen LogP contribution in [0.15, 0.2) is 41.8 Å². The summed E-state index contributed by atoms with van der Waals surface area (Å²) in [4.78, 5) is 12.5. The van der Waals surface area contributed by atoms with Crippen LogP contribution in [0, 0.1) is 0 Å². The maximum Gasteiger partial charge on any atom is 0.265 e. The van der Waals surface area contributed by atoms with Crippen LogP contribution in [-0.2, 0) is 0 Å². The summed E-state index contributed by atoms with van der Waals surface area (Å²) in [5.74, 6) is -0.0664. The predicted molar refractivity (Wildman–Crippen MR) is 68.3 cm³/mol. The number of hydrogen-bond donors (Lipinski definition) is 2. The molecule has 1 heterocycles. The number of thiophene rings is 1. The maximum atomic E-state index is 11.8. The zero-order valence-corrected chi connectivity index (χ0v) is 9.67. The molecule has 1 amide bonds. The van der Waals surface area contributed by atoms with E-state index in [-0.39, 0.29) is 5.91 Å². The van der Waals surface area contributed by atoms with E-state index in [1.807, 2.05) is 48.8 Å². The molecule has 0 aliphatic heterocycles. The Hall–Kier alpha value is -1.81. The minimum Gasteiger partial charge on any atom is -0.388 e. The van der Waals surface area contributed by atoms with Gasteiger partial charge in [0.05, 0.1) is 4.88 Å². The largest absolute Gasteiger partial charge is 0.388 e. The monoisotopic (exact) mass is 232 g/mol. The number of amides is 1. The van der Waals surface area contributed by atoms with Gasteiger partial charge < -0.3 is 10.6 Å². The van der Waals surface area contributed by atoms with Gasteiger partial charge in [-0.2, -0.15) is 0 Å². The van der Waals surface area contributed by atoms with Crippen LogP contribution in [0.5, 0.6) is 0 Å². The fourth-order valence-electron chi connectivity index (χ4n) is 1.35. The second-order valence-electron chi connectivity index (χ2n) is 3.26. The van der Waals surface area contributed by atoms with Gasteiger partial charge in [0.1, 0.15) is 0 Å². The van der Waals surface area contributed by atoms with Crippen LogP contribution in [0.3, 0.4) is 0 Å². The minimum absolute atomic E-state index is 0.0664. The van der Waals surface area contributed by atoms with Crippen molar-refractivity contribution in [3.05, 3.63) is 46.7 Å². The number of carbonyl (C=O) groups excluding carboxylic acids is 1. The van der Waals surface area contributed by atoms with Gasteiger partial charge in [-0.1, -0.05) is 12.1 Å². The van der Waals surface area contributed by atoms with Crippen LogP contribution in [-0.4, -0.2) is 13.0 Å². The van der Waals surface area contributed by atoms with Gasteiger partial charge in [0.25, 0.3) is 5.91 Å². The van der Waals surface area contributed by atoms with Crippen LogP contribution in [0.25, 0.3) is 0 Å². The first kappa shape index (κ1) is 10.7. The summed E-state index contributed by atoms with van der Waals surface area (Å²) in [7, 11) is 1.85. The average Bonchev–Trinajstić information content (AvgIpc) is 2.83. The van der Waals surface area contributed by atoms with Crippen molar-refractivity contribution >= 4 is 28.6 Å². The molecule has 0 aliphatic rings. The van der Waals surface area contributed by atoms with Crippen molar-refractivity contribution in [1.29, 1.82) is 0 Å². The highest BCUT2D eigenvalue weighted by Crippen LogP contribution is 2.16. The lowest BCUT2D eigenvalue weighted by atomic mass is 10.2. The molecule has 0 fully saturated rings. The highest BCUT2D eigenvalue weighted by Gasteiger charge is 2.06. The Bertz CT molecular complexity index is 480. The van der Waals surface area contributed by atoms with Crippen LogP contribution in [0.4, 0.5) is 11.4 Å². The molecule has 2 N–H and O–H groups in total. The Morgan fingerprint density at radius 1 is 1.19 bits per heavy atom. The molecule has 0 saturated heterocycles. The van der Waals surface area contributed by atoms with Crippen LogP contribution >= 0.6 is 11.3 Å². The minimum atomic E-state index is -0.0664. The molecule has 0 aliphatic carbocycles. The molecule has 0 saturated carbocycles. The number of rotatable bonds is 3. The molecule has 2 rings (SSSR count). The number of hydrogen-bond acceptors (Lipinski definition) is 3. The zero-order chi connectivity index (χ0) is 11.4. The zero-order valence-electron chi connectivity index (χ0n) is 8.86. The first-order chi connectivity index (χ1) is 7.79. The lowest BCUT2D eigenvalue weighted by Crippen LogP contribution is -2.10. The SMILES string of the molecule is CNc1cccc(NC(=O)c2cccs2)c1. The predicted octanol–water partition coefficient (Wildman–Crippen LogP) is 3.04. The molecule has 0 bridgehead atoms. The Morgan fingerprint density at radius 3 is 2.69 bits per heavy atom. The molecule has 0 spiro atoms. The normalized spacial score (nSPS) is 9.81. The molecule has 0 radical (unpaired) electrons. The Morgan fingerprint density at radius 2 is 2.00 bits per heavy atom. The Labute approximate surface area is 98.1 Å². The van der Waals surface area contributed by atoms with Crippen molar-refractivity contribution in [2.45, 2.75) is 0 Å². The lowest BCUT2D eigenvalue weighted by molar-refractivity contribution is 0.103. The molecule has 16 heavy (non-hydrogen) atoms. The van der Waals surface area contributed by atoms with E-state index in [4.69, 9.17) is 0 Å². The number of nitrogens with one attached hydrogen (secondary N) is 2. The molecule has 1 aromatic carbocycles. The Kier molecular flexibility index (Phi) is 3.22. The lowest BCUT2D eigenvalue weighted by Gasteiger charge is -2.05. The molecule has 82 valence electrons. The number of anilines is 2. The van der Waals surface area contributed by atoms with Gasteiger partial charge >= 0.3 is 0 Å². The number of carbonyl (C=O) groups is 1. The standard InChI is InChI=1S/C12H12N2OS/c1-13-9-4-2-5-10(8-9)14-12(15)11-6-3-7-16-11/h2-8,13H,1H3,(H,14,15). The van der Waals surface area contributed by atoms with Crippen molar-refractivity contribution in [3.8, 4) is 0 Å². The quantitative estimate of drug-likeness (QED) is 0.854. The topological polar surface area (TPSA) is 41.1 Å². The highest BCUT2D eigenvalue weighted by atomic mass is 32.1. The summed E-state index contributed by atoms with van der Waals surface area (Å²) >= 11 is 1.43. The van der Waals surface area contributed by atoms with Crippen LogP contribution in [0.2, 0.25) is 0 Å². The Balaban J connectivity index is 2.12. The van der Waals surface area contributed by atoms with Gasteiger partial charge in [0, 0.05) is 18.4 Å². The number of benzene rings is 1. The van der Waals surface area contributed by atoms with Gasteiger partial charge in [-0.15, -0.1) is 11.3 Å². The third-order valence-corrected chi connectivity index (χ3v) is 3.02. The first-order valence-corrected chi connectivity index (χ1v) is 5.80. The second-order valence-corrected chi connectivity index (χ2v) is 4.21. The van der Waals surface area contributed by atoms with Gasteiger partial charge in [0.2, 0.25) is 0 Å². The molecule has 0 atom stereocenters. The van der Waals surface area contributed by atoms with Crippen molar-refractivity contribution in [3.63, 3.8) is 0 Å². The third kappa shape index (κ3) is 2.41. The van der Waals surface area contributed by atoms with Crippen molar-refractivity contribution < 1.29 is 4.79 Å². The van der Waals surface area contributed by atoms with E-state index in [0.29, 0.717) is 0 Å². The molecular weight excluding hydrogens is 220 g/mol. The smallest absolute Gasteiger partial charge is 0.265 e. The molecule has 0 unspecified atom stereocenters.